The van der Waals surface area contributed by atoms with Crippen LogP contribution in [0.4, 0.5) is 0 Å². The fraction of sp³-hybridized carbons (Fsp3) is 0.400. The van der Waals surface area contributed by atoms with Gasteiger partial charge >= 0.3 is 0 Å². The Labute approximate surface area is 87.1 Å². The van der Waals surface area contributed by atoms with Crippen LogP contribution in [-0.2, 0) is 6.54 Å². The van der Waals surface area contributed by atoms with Crippen molar-refractivity contribution in [3.8, 4) is 5.75 Å². The quantitative estimate of drug-likeness (QED) is 0.837. The molecule has 2 nitrogen and oxygen atoms in total. The second-order valence-corrected chi connectivity index (χ2v) is 3.96. The zero-order chi connectivity index (χ0) is 10.0. The fourth-order valence-electron chi connectivity index (χ4n) is 1.25. The summed E-state index contributed by atoms with van der Waals surface area (Å²) in [5.74, 6) is 0.345. The molecule has 0 atom stereocenters. The first-order chi connectivity index (χ1) is 6.07. The Morgan fingerprint density at radius 2 is 2.08 bits per heavy atom. The Balaban J connectivity index is 3.24. The molecule has 72 valence electrons. The van der Waals surface area contributed by atoms with Crippen LogP contribution in [0, 0.1) is 13.8 Å². The van der Waals surface area contributed by atoms with Gasteiger partial charge in [0.15, 0.2) is 0 Å². The molecule has 0 aliphatic carbocycles. The van der Waals surface area contributed by atoms with Gasteiger partial charge in [0.25, 0.3) is 0 Å². The van der Waals surface area contributed by atoms with E-state index >= 15 is 0 Å². The first-order valence-electron chi connectivity index (χ1n) is 4.20. The maximum atomic E-state index is 9.75. The highest BCUT2D eigenvalue weighted by atomic mass is 79.9. The minimum Gasteiger partial charge on any atom is -0.506 e. The highest BCUT2D eigenvalue weighted by molar-refractivity contribution is 9.10. The number of hydrogen-bond acceptors (Lipinski definition) is 2. The zero-order valence-corrected chi connectivity index (χ0v) is 9.70. The summed E-state index contributed by atoms with van der Waals surface area (Å²) in [6.45, 7) is 4.71. The van der Waals surface area contributed by atoms with Gasteiger partial charge in [-0.05, 0) is 48.0 Å². The molecule has 1 aromatic carbocycles. The standard InChI is InChI=1S/C10H14BrNO/c1-6-4-8(5-12-3)10(13)9(11)7(6)2/h4,12-13H,5H2,1-3H3. The first kappa shape index (κ1) is 10.5. The number of phenols is 1. The summed E-state index contributed by atoms with van der Waals surface area (Å²) in [6.07, 6.45) is 0. The van der Waals surface area contributed by atoms with E-state index in [0.29, 0.717) is 12.3 Å². The van der Waals surface area contributed by atoms with Crippen LogP contribution in [0.1, 0.15) is 16.7 Å². The molecule has 0 heterocycles. The summed E-state index contributed by atoms with van der Waals surface area (Å²) in [7, 11) is 1.86. The maximum Gasteiger partial charge on any atom is 0.134 e. The average Bonchev–Trinajstić information content (AvgIpc) is 2.11. The Bertz CT molecular complexity index is 323. The van der Waals surface area contributed by atoms with Crippen LogP contribution in [0.15, 0.2) is 10.5 Å². The minimum absolute atomic E-state index is 0.345. The lowest BCUT2D eigenvalue weighted by atomic mass is 10.1. The SMILES string of the molecule is CNCc1cc(C)c(C)c(Br)c1O. The molecule has 0 saturated heterocycles. The van der Waals surface area contributed by atoms with E-state index in [-0.39, 0.29) is 0 Å². The second-order valence-electron chi connectivity index (χ2n) is 3.17. The van der Waals surface area contributed by atoms with E-state index < -0.39 is 0 Å². The van der Waals surface area contributed by atoms with Gasteiger partial charge in [0.05, 0.1) is 4.47 Å². The maximum absolute atomic E-state index is 9.75. The van der Waals surface area contributed by atoms with Crippen LogP contribution in [-0.4, -0.2) is 12.2 Å². The molecule has 0 amide bonds. The van der Waals surface area contributed by atoms with Gasteiger partial charge in [-0.3, -0.25) is 0 Å². The molecule has 0 fully saturated rings. The van der Waals surface area contributed by atoms with Gasteiger partial charge in [-0.25, -0.2) is 0 Å². The number of benzene rings is 1. The van der Waals surface area contributed by atoms with Crippen molar-refractivity contribution in [2.75, 3.05) is 7.05 Å². The van der Waals surface area contributed by atoms with Gasteiger partial charge in [0.2, 0.25) is 0 Å². The molecular formula is C10H14BrNO. The van der Waals surface area contributed by atoms with E-state index in [2.05, 4.69) is 21.2 Å². The molecule has 1 rings (SSSR count). The smallest absolute Gasteiger partial charge is 0.134 e. The van der Waals surface area contributed by atoms with Gasteiger partial charge < -0.3 is 10.4 Å². The summed E-state index contributed by atoms with van der Waals surface area (Å²) in [4.78, 5) is 0. The van der Waals surface area contributed by atoms with Crippen LogP contribution in [0.25, 0.3) is 0 Å². The molecule has 0 unspecified atom stereocenters. The Morgan fingerprint density at radius 1 is 1.46 bits per heavy atom. The van der Waals surface area contributed by atoms with Crippen LogP contribution in [0.3, 0.4) is 0 Å². The predicted molar refractivity (Wildman–Crippen MR) is 58.0 cm³/mol. The number of nitrogens with one attached hydrogen (secondary N) is 1. The molecule has 13 heavy (non-hydrogen) atoms. The van der Waals surface area contributed by atoms with Gasteiger partial charge in [0, 0.05) is 12.1 Å². The number of aryl methyl sites for hydroxylation is 1. The van der Waals surface area contributed by atoms with Crippen molar-refractivity contribution in [1.82, 2.24) is 5.32 Å². The van der Waals surface area contributed by atoms with E-state index in [1.165, 1.54) is 5.56 Å². The molecule has 0 aliphatic rings. The molecule has 0 spiro atoms. The fourth-order valence-corrected chi connectivity index (χ4v) is 1.82. The van der Waals surface area contributed by atoms with E-state index in [0.717, 1.165) is 15.6 Å². The second kappa shape index (κ2) is 4.11. The van der Waals surface area contributed by atoms with Crippen molar-refractivity contribution in [2.24, 2.45) is 0 Å². The van der Waals surface area contributed by atoms with Crippen molar-refractivity contribution in [2.45, 2.75) is 20.4 Å². The van der Waals surface area contributed by atoms with Gasteiger partial charge in [-0.2, -0.15) is 0 Å². The van der Waals surface area contributed by atoms with Crippen LogP contribution < -0.4 is 5.32 Å². The van der Waals surface area contributed by atoms with Crippen LogP contribution in [0.2, 0.25) is 0 Å². The molecule has 0 aliphatic heterocycles. The van der Waals surface area contributed by atoms with Crippen molar-refractivity contribution in [3.63, 3.8) is 0 Å². The first-order valence-corrected chi connectivity index (χ1v) is 4.99. The van der Waals surface area contributed by atoms with Gasteiger partial charge in [-0.15, -0.1) is 0 Å². The van der Waals surface area contributed by atoms with Crippen molar-refractivity contribution < 1.29 is 5.11 Å². The Morgan fingerprint density at radius 3 is 2.62 bits per heavy atom. The molecular weight excluding hydrogens is 230 g/mol. The molecule has 0 aromatic heterocycles. The molecule has 3 heteroatoms. The molecule has 0 saturated carbocycles. The van der Waals surface area contributed by atoms with Crippen LogP contribution >= 0.6 is 15.9 Å². The van der Waals surface area contributed by atoms with E-state index in [1.807, 2.05) is 27.0 Å². The lowest BCUT2D eigenvalue weighted by molar-refractivity contribution is 0.462. The summed E-state index contributed by atoms with van der Waals surface area (Å²) in [6, 6.07) is 2.01. The number of hydrogen-bond donors (Lipinski definition) is 2. The lowest BCUT2D eigenvalue weighted by Gasteiger charge is -2.10. The summed E-state index contributed by atoms with van der Waals surface area (Å²) < 4.78 is 0.803. The summed E-state index contributed by atoms with van der Waals surface area (Å²) in [5, 5.41) is 12.8. The highest BCUT2D eigenvalue weighted by Crippen LogP contribution is 2.33. The predicted octanol–water partition coefficient (Wildman–Crippen LogP) is 2.49. The zero-order valence-electron chi connectivity index (χ0n) is 8.11. The number of rotatable bonds is 2. The van der Waals surface area contributed by atoms with E-state index in [9.17, 15) is 5.11 Å². The monoisotopic (exact) mass is 243 g/mol. The molecule has 0 radical (unpaired) electrons. The summed E-state index contributed by atoms with van der Waals surface area (Å²) >= 11 is 3.37. The third kappa shape index (κ3) is 2.03. The highest BCUT2D eigenvalue weighted by Gasteiger charge is 2.09. The molecule has 1 aromatic rings. The number of halogens is 1. The van der Waals surface area contributed by atoms with Gasteiger partial charge in [-0.1, -0.05) is 6.07 Å². The lowest BCUT2D eigenvalue weighted by Crippen LogP contribution is -2.06. The Hall–Kier alpha value is -0.540. The third-order valence-corrected chi connectivity index (χ3v) is 3.16. The van der Waals surface area contributed by atoms with Crippen molar-refractivity contribution >= 4 is 15.9 Å². The normalized spacial score (nSPS) is 10.5. The van der Waals surface area contributed by atoms with Crippen molar-refractivity contribution in [3.05, 3.63) is 27.2 Å². The minimum atomic E-state index is 0.345. The molecule has 0 bridgehead atoms. The average molecular weight is 244 g/mol. The van der Waals surface area contributed by atoms with Gasteiger partial charge in [0.1, 0.15) is 5.75 Å². The third-order valence-electron chi connectivity index (χ3n) is 2.19. The number of aromatic hydroxyl groups is 1. The summed E-state index contributed by atoms with van der Waals surface area (Å²) in [5.41, 5.74) is 3.21. The van der Waals surface area contributed by atoms with Crippen molar-refractivity contribution in [1.29, 1.82) is 0 Å². The number of phenolic OH excluding ortho intramolecular Hbond substituents is 1. The largest absolute Gasteiger partial charge is 0.506 e. The van der Waals surface area contributed by atoms with Crippen LogP contribution in [0.5, 0.6) is 5.75 Å². The Kier molecular flexibility index (Phi) is 3.33. The topological polar surface area (TPSA) is 32.3 Å². The van der Waals surface area contributed by atoms with E-state index in [4.69, 9.17) is 0 Å². The molecule has 2 N–H and O–H groups in total. The van der Waals surface area contributed by atoms with E-state index in [1.54, 1.807) is 0 Å².